The molecule has 22 nitrogen and oxygen atoms in total. The van der Waals surface area contributed by atoms with E-state index in [0.29, 0.717) is 47.1 Å². The Morgan fingerprint density at radius 2 is 1.64 bits per heavy atom. The molecule has 0 saturated heterocycles. The van der Waals surface area contributed by atoms with Crippen molar-refractivity contribution >= 4 is 57.7 Å². The Morgan fingerprint density at radius 3 is 2.31 bits per heavy atom. The van der Waals surface area contributed by atoms with Gasteiger partial charge in [-0.05, 0) is 87.8 Å². The van der Waals surface area contributed by atoms with Crippen LogP contribution in [0.25, 0.3) is 22.3 Å². The summed E-state index contributed by atoms with van der Waals surface area (Å²) in [6.45, 7) is 4.64. The van der Waals surface area contributed by atoms with Crippen LogP contribution in [0.3, 0.4) is 0 Å². The topological polar surface area (TPSA) is 339 Å². The summed E-state index contributed by atoms with van der Waals surface area (Å²) in [5, 5.41) is 66.4. The highest BCUT2D eigenvalue weighted by atomic mass is 19.1. The number of aromatic nitrogens is 2. The van der Waals surface area contributed by atoms with Crippen molar-refractivity contribution in [3.05, 3.63) is 74.3 Å². The fraction of sp³-hybridized carbons (Fsp3) is 0.556. The van der Waals surface area contributed by atoms with Crippen LogP contribution < -0.4 is 16.2 Å². The molecular formula is C54H68FN5O17. The third-order valence-corrected chi connectivity index (χ3v) is 14.8. The first-order valence-corrected chi connectivity index (χ1v) is 25.7. The molecule has 2 aromatic heterocycles. The molecule has 0 fully saturated rings. The van der Waals surface area contributed by atoms with Crippen molar-refractivity contribution in [1.82, 2.24) is 25.1 Å². The van der Waals surface area contributed by atoms with Crippen molar-refractivity contribution in [1.29, 1.82) is 0 Å². The van der Waals surface area contributed by atoms with Gasteiger partial charge in [0.05, 0.1) is 47.6 Å². The number of aliphatic hydroxyl groups is 6. The number of benzene rings is 1. The number of halogens is 1. The molecule has 0 saturated carbocycles. The lowest BCUT2D eigenvalue weighted by molar-refractivity contribution is -0.172. The second kappa shape index (κ2) is 25.8. The van der Waals surface area contributed by atoms with Gasteiger partial charge in [-0.1, -0.05) is 13.8 Å². The molecule has 0 radical (unpaired) electrons. The predicted molar refractivity (Wildman–Crippen MR) is 270 cm³/mol. The average molecular weight is 1080 g/mol. The number of nitrogens with zero attached hydrogens (tertiary/aromatic N) is 3. The van der Waals surface area contributed by atoms with Crippen molar-refractivity contribution in [2.45, 2.75) is 141 Å². The average Bonchev–Trinajstić information content (AvgIpc) is 4.03. The lowest BCUT2D eigenvalue weighted by atomic mass is 9.86. The van der Waals surface area contributed by atoms with Gasteiger partial charge in [0.2, 0.25) is 17.7 Å². The minimum absolute atomic E-state index is 0.0242. The maximum absolute atomic E-state index is 14.9. The zero-order chi connectivity index (χ0) is 56.6. The maximum Gasteiger partial charge on any atom is 0.343 e. The number of esters is 1. The van der Waals surface area contributed by atoms with E-state index in [1.54, 1.807) is 26.0 Å². The fourth-order valence-electron chi connectivity index (χ4n) is 9.81. The number of carbonyl (C=O) groups is 8. The van der Waals surface area contributed by atoms with Crippen LogP contribution in [0.5, 0.6) is 0 Å². The van der Waals surface area contributed by atoms with Crippen LogP contribution in [0.15, 0.2) is 35.1 Å². The van der Waals surface area contributed by atoms with Crippen molar-refractivity contribution in [2.24, 2.45) is 17.8 Å². The number of likely N-dealkylation sites (N-methyl/N-ethyl adjacent to an activating group) is 1. The Balaban J connectivity index is 0.995. The number of hydrogen-bond acceptors (Lipinski definition) is 18. The SMILES string of the molecule is CC[C@@]1(O)C(=O)OCc2c1cc1n(c2=O)Cc2c-1nc1cc(F)c(C)cc1c2CCCCOCNC(=O)[C@H](C)CC(=O)[C@H](C)NC(=O)[C@H](CCC(=O)N(C)C[C@H](O)[C@@H](O)[C@H](O)[C@H](O)CO)CC(=O)CCC1C(=O)C=CC1=O. The van der Waals surface area contributed by atoms with Crippen LogP contribution in [0.1, 0.15) is 106 Å². The second-order valence-corrected chi connectivity index (χ2v) is 20.3. The molecule has 8 atom stereocenters. The Kier molecular flexibility index (Phi) is 20.0. The van der Waals surface area contributed by atoms with Crippen LogP contribution in [0.4, 0.5) is 4.39 Å². The largest absolute Gasteiger partial charge is 0.458 e. The Morgan fingerprint density at radius 1 is 0.948 bits per heavy atom. The molecule has 0 bridgehead atoms. The molecule has 3 aromatic rings. The minimum atomic E-state index is -2.01. The number of carbonyl (C=O) groups excluding carboxylic acids is 8. The van der Waals surface area contributed by atoms with E-state index >= 15 is 0 Å². The number of ether oxygens (including phenoxy) is 2. The number of rotatable bonds is 28. The molecular weight excluding hydrogens is 1010 g/mol. The molecule has 6 rings (SSSR count). The minimum Gasteiger partial charge on any atom is -0.458 e. The standard InChI is InChI=1S/C54H68FN5O17/c1-6-54(75)37-20-40-47-35(22-60(40)52(73)36(37)25-77-53(54)74)32(34-17-27(2)38(55)21-39(34)58-47)9-7-8-16-76-26-56-50(71)28(3)18-43(65)29(4)57-51(72)30(19-31(62)11-12-33-41(63)13-14-42(33)64)10-15-46(68)59(5)23-44(66)48(69)49(70)45(67)24-61/h13-14,17,20-21,28-30,33,44-45,48-49,61,66-67,69-70,75H,6-12,15-16,18-19,22-26H2,1-5H3,(H,56,71)(H,57,72)/t28-,29+,30-,44+,45-,48-,49-,54+/m1/s1. The number of aryl methyl sites for hydroxylation is 2. The van der Waals surface area contributed by atoms with Gasteiger partial charge in [-0.25, -0.2) is 14.2 Å². The van der Waals surface area contributed by atoms with Gasteiger partial charge in [0.25, 0.3) is 5.56 Å². The van der Waals surface area contributed by atoms with Crippen molar-refractivity contribution in [2.75, 3.05) is 33.5 Å². The number of pyridine rings is 2. The van der Waals surface area contributed by atoms with E-state index < -0.39 is 132 Å². The molecule has 2 aliphatic heterocycles. The van der Waals surface area contributed by atoms with Gasteiger partial charge in [0, 0.05) is 80.3 Å². The van der Waals surface area contributed by atoms with E-state index in [1.807, 2.05) is 0 Å². The maximum atomic E-state index is 14.9. The summed E-state index contributed by atoms with van der Waals surface area (Å²) >= 11 is 0. The van der Waals surface area contributed by atoms with E-state index in [1.165, 1.54) is 31.5 Å². The molecule has 23 heteroatoms. The number of allylic oxidation sites excluding steroid dienone is 2. The number of hydrogen-bond donors (Lipinski definition) is 8. The lowest BCUT2D eigenvalue weighted by Crippen LogP contribution is -2.50. The number of aliphatic hydroxyl groups excluding tert-OH is 5. The molecule has 0 spiro atoms. The van der Waals surface area contributed by atoms with Gasteiger partial charge in [-0.15, -0.1) is 0 Å². The van der Waals surface area contributed by atoms with Crippen molar-refractivity contribution < 1.29 is 82.9 Å². The number of Topliss-reactive ketones (excluding diaryl/α,β-unsaturated/α-hetero) is 2. The third kappa shape index (κ3) is 13.6. The van der Waals surface area contributed by atoms with Gasteiger partial charge >= 0.3 is 5.97 Å². The van der Waals surface area contributed by atoms with E-state index in [-0.39, 0.29) is 76.1 Å². The molecule has 3 amide bonds. The monoisotopic (exact) mass is 1080 g/mol. The lowest BCUT2D eigenvalue weighted by Gasteiger charge is -2.31. The van der Waals surface area contributed by atoms with E-state index in [9.17, 15) is 73.1 Å². The molecule has 4 heterocycles. The molecule has 1 aromatic carbocycles. The number of cyclic esters (lactones) is 1. The quantitative estimate of drug-likeness (QED) is 0.0165. The molecule has 8 N–H and O–H groups in total. The van der Waals surface area contributed by atoms with E-state index in [0.717, 1.165) is 28.2 Å². The van der Waals surface area contributed by atoms with Crippen LogP contribution >= 0.6 is 0 Å². The number of nitrogens with one attached hydrogen (secondary N) is 2. The molecule has 418 valence electrons. The fourth-order valence-corrected chi connectivity index (χ4v) is 9.81. The van der Waals surface area contributed by atoms with E-state index in [4.69, 9.17) is 19.6 Å². The molecule has 1 aliphatic carbocycles. The molecule has 3 aliphatic rings. The smallest absolute Gasteiger partial charge is 0.343 e. The zero-order valence-electron chi connectivity index (χ0n) is 43.7. The van der Waals surface area contributed by atoms with Crippen molar-refractivity contribution in [3.63, 3.8) is 0 Å². The summed E-state index contributed by atoms with van der Waals surface area (Å²) in [5.41, 5.74) is 1.13. The Bertz CT molecular complexity index is 2870. The Hall–Kier alpha value is -6.47. The summed E-state index contributed by atoms with van der Waals surface area (Å²) in [4.78, 5) is 123. The van der Waals surface area contributed by atoms with Crippen molar-refractivity contribution in [3.8, 4) is 11.4 Å². The second-order valence-electron chi connectivity index (χ2n) is 20.3. The highest BCUT2D eigenvalue weighted by Gasteiger charge is 2.46. The van der Waals surface area contributed by atoms with Crippen LogP contribution in [0, 0.1) is 30.5 Å². The first-order chi connectivity index (χ1) is 36.4. The number of ketones is 4. The third-order valence-electron chi connectivity index (χ3n) is 14.8. The summed E-state index contributed by atoms with van der Waals surface area (Å²) in [6, 6.07) is 3.51. The first-order valence-electron chi connectivity index (χ1n) is 25.7. The van der Waals surface area contributed by atoms with E-state index in [2.05, 4.69) is 10.6 Å². The highest BCUT2D eigenvalue weighted by Crippen LogP contribution is 2.41. The first kappa shape index (κ1) is 59.8. The van der Waals surface area contributed by atoms with Crippen LogP contribution in [-0.2, 0) is 73.0 Å². The highest BCUT2D eigenvalue weighted by molar-refractivity contribution is 6.18. The number of unbranched alkanes of at least 4 members (excludes halogenated alkanes) is 1. The molecule has 77 heavy (non-hydrogen) atoms. The number of amides is 3. The Labute approximate surface area is 442 Å². The zero-order valence-corrected chi connectivity index (χ0v) is 43.7. The van der Waals surface area contributed by atoms with Gasteiger partial charge in [-0.2, -0.15) is 0 Å². The summed E-state index contributed by atoms with van der Waals surface area (Å²) in [7, 11) is 1.26. The predicted octanol–water partition coefficient (Wildman–Crippen LogP) is 0.394. The van der Waals surface area contributed by atoms with Gasteiger partial charge < -0.3 is 60.2 Å². The number of fused-ring (bicyclic) bond motifs is 5. The van der Waals surface area contributed by atoms with Crippen LogP contribution in [0.2, 0.25) is 0 Å². The molecule has 0 unspecified atom stereocenters. The normalized spacial score (nSPS) is 18.6. The van der Waals surface area contributed by atoms with Crippen LogP contribution in [-0.4, -0.2) is 156 Å². The summed E-state index contributed by atoms with van der Waals surface area (Å²) in [6.07, 6.45) is -5.21. The van der Waals surface area contributed by atoms with Gasteiger partial charge in [0.15, 0.2) is 23.0 Å². The summed E-state index contributed by atoms with van der Waals surface area (Å²) < 4.78 is 27.4. The summed E-state index contributed by atoms with van der Waals surface area (Å²) in [5.74, 6) is -8.20. The van der Waals surface area contributed by atoms with Gasteiger partial charge in [-0.3, -0.25) is 38.4 Å². The van der Waals surface area contributed by atoms with Gasteiger partial charge in [0.1, 0.15) is 49.4 Å².